The van der Waals surface area contributed by atoms with Gasteiger partial charge in [-0.1, -0.05) is 12.1 Å². The lowest BCUT2D eigenvalue weighted by Gasteiger charge is -2.33. The van der Waals surface area contributed by atoms with E-state index in [0.29, 0.717) is 13.1 Å². The number of imidazole rings is 1. The third-order valence-corrected chi connectivity index (χ3v) is 4.05. The summed E-state index contributed by atoms with van der Waals surface area (Å²) in [5.74, 6) is -0.0630. The van der Waals surface area contributed by atoms with Gasteiger partial charge in [0, 0.05) is 12.5 Å². The van der Waals surface area contributed by atoms with Crippen LogP contribution in [0.25, 0.3) is 0 Å². The van der Waals surface area contributed by atoms with E-state index < -0.39 is 5.82 Å². The first kappa shape index (κ1) is 13.7. The molecule has 0 saturated heterocycles. The number of hydrogen-bond donors (Lipinski definition) is 2. The fourth-order valence-corrected chi connectivity index (χ4v) is 3.03. The lowest BCUT2D eigenvalue weighted by molar-refractivity contribution is 0.473. The van der Waals surface area contributed by atoms with Crippen LogP contribution in [0.3, 0.4) is 0 Å². The maximum atomic E-state index is 14.0. The van der Waals surface area contributed by atoms with E-state index in [1.165, 1.54) is 6.33 Å². The molecule has 23 heavy (non-hydrogen) atoms. The zero-order valence-corrected chi connectivity index (χ0v) is 12.1. The molecule has 2 N–H and O–H groups in total. The van der Waals surface area contributed by atoms with Gasteiger partial charge in [-0.05, 0) is 17.7 Å². The SMILES string of the molecule is Oc1cccc(C2CN(c3ncncc3F)Cc3[nH]cnc32)c1. The highest BCUT2D eigenvalue weighted by atomic mass is 19.1. The predicted octanol–water partition coefficient (Wildman–Crippen LogP) is 2.20. The fourth-order valence-electron chi connectivity index (χ4n) is 3.03. The molecular weight excluding hydrogens is 297 g/mol. The van der Waals surface area contributed by atoms with Crippen molar-refractivity contribution in [2.75, 3.05) is 11.4 Å². The summed E-state index contributed by atoms with van der Waals surface area (Å²) in [5.41, 5.74) is 2.77. The summed E-state index contributed by atoms with van der Waals surface area (Å²) in [6.45, 7) is 1.02. The molecule has 0 fully saturated rings. The third kappa shape index (κ3) is 2.40. The van der Waals surface area contributed by atoms with E-state index in [9.17, 15) is 9.50 Å². The number of fused-ring (bicyclic) bond motifs is 1. The van der Waals surface area contributed by atoms with Gasteiger partial charge in [-0.15, -0.1) is 0 Å². The normalized spacial score (nSPS) is 17.1. The number of halogens is 1. The Balaban J connectivity index is 1.77. The molecule has 3 heterocycles. The molecule has 7 heteroatoms. The molecule has 2 aromatic heterocycles. The number of nitrogens with zero attached hydrogens (tertiary/aromatic N) is 4. The van der Waals surface area contributed by atoms with Crippen molar-refractivity contribution in [1.29, 1.82) is 0 Å². The van der Waals surface area contributed by atoms with Gasteiger partial charge in [-0.3, -0.25) is 0 Å². The minimum absolute atomic E-state index is 0.0773. The number of aromatic nitrogens is 4. The van der Waals surface area contributed by atoms with Crippen molar-refractivity contribution in [3.8, 4) is 5.75 Å². The number of nitrogens with one attached hydrogen (secondary N) is 1. The highest BCUT2D eigenvalue weighted by molar-refractivity contribution is 5.46. The van der Waals surface area contributed by atoms with Crippen LogP contribution >= 0.6 is 0 Å². The minimum Gasteiger partial charge on any atom is -0.508 e. The van der Waals surface area contributed by atoms with E-state index in [1.807, 2.05) is 11.0 Å². The largest absolute Gasteiger partial charge is 0.508 e. The Morgan fingerprint density at radius 3 is 3.04 bits per heavy atom. The van der Waals surface area contributed by atoms with Gasteiger partial charge in [-0.2, -0.15) is 0 Å². The quantitative estimate of drug-likeness (QED) is 0.758. The summed E-state index contributed by atoms with van der Waals surface area (Å²) in [4.78, 5) is 17.1. The van der Waals surface area contributed by atoms with Gasteiger partial charge in [0.25, 0.3) is 0 Å². The lowest BCUT2D eigenvalue weighted by atomic mass is 9.91. The molecule has 116 valence electrons. The second-order valence-electron chi connectivity index (χ2n) is 5.49. The van der Waals surface area contributed by atoms with E-state index >= 15 is 0 Å². The molecule has 0 aliphatic carbocycles. The monoisotopic (exact) mass is 311 g/mol. The molecule has 1 unspecified atom stereocenters. The van der Waals surface area contributed by atoms with Crippen LogP contribution in [-0.2, 0) is 6.54 Å². The van der Waals surface area contributed by atoms with Gasteiger partial charge in [0.2, 0.25) is 0 Å². The Bertz CT molecular complexity index is 850. The maximum absolute atomic E-state index is 14.0. The minimum atomic E-state index is -0.454. The van der Waals surface area contributed by atoms with E-state index in [2.05, 4.69) is 19.9 Å². The van der Waals surface area contributed by atoms with Crippen molar-refractivity contribution in [1.82, 2.24) is 19.9 Å². The maximum Gasteiger partial charge on any atom is 0.183 e. The second-order valence-corrected chi connectivity index (χ2v) is 5.49. The number of benzene rings is 1. The van der Waals surface area contributed by atoms with E-state index in [-0.39, 0.29) is 17.5 Å². The molecule has 1 aliphatic rings. The summed E-state index contributed by atoms with van der Waals surface area (Å²) in [5, 5.41) is 9.75. The molecule has 4 rings (SSSR count). The van der Waals surface area contributed by atoms with Crippen molar-refractivity contribution in [2.45, 2.75) is 12.5 Å². The van der Waals surface area contributed by atoms with Crippen LogP contribution in [0.5, 0.6) is 5.75 Å². The Morgan fingerprint density at radius 1 is 1.30 bits per heavy atom. The molecule has 3 aromatic rings. The third-order valence-electron chi connectivity index (χ3n) is 4.05. The van der Waals surface area contributed by atoms with Crippen LogP contribution in [0, 0.1) is 5.82 Å². The van der Waals surface area contributed by atoms with Crippen molar-refractivity contribution < 1.29 is 9.50 Å². The standard InChI is InChI=1S/C16H14FN5O/c17-13-5-18-8-21-16(13)22-6-12(10-2-1-3-11(23)4-10)15-14(7-22)19-9-20-15/h1-5,8-9,12,23H,6-7H2,(H,19,20). The summed E-state index contributed by atoms with van der Waals surface area (Å²) < 4.78 is 14.0. The number of aromatic hydroxyl groups is 1. The predicted molar refractivity (Wildman–Crippen MR) is 81.6 cm³/mol. The summed E-state index contributed by atoms with van der Waals surface area (Å²) in [6, 6.07) is 7.06. The van der Waals surface area contributed by atoms with Crippen LogP contribution in [0.2, 0.25) is 0 Å². The van der Waals surface area contributed by atoms with Gasteiger partial charge in [0.05, 0.1) is 30.5 Å². The molecule has 0 saturated carbocycles. The summed E-state index contributed by atoms with van der Waals surface area (Å²) >= 11 is 0. The average molecular weight is 311 g/mol. The number of aromatic amines is 1. The van der Waals surface area contributed by atoms with Crippen LogP contribution in [0.15, 0.2) is 43.1 Å². The van der Waals surface area contributed by atoms with Gasteiger partial charge in [-0.25, -0.2) is 19.3 Å². The number of rotatable bonds is 2. The van der Waals surface area contributed by atoms with Crippen LogP contribution in [-0.4, -0.2) is 31.6 Å². The highest BCUT2D eigenvalue weighted by Crippen LogP contribution is 2.34. The summed E-state index contributed by atoms with van der Waals surface area (Å²) in [6.07, 6.45) is 4.14. The lowest BCUT2D eigenvalue weighted by Crippen LogP contribution is -2.35. The Kier molecular flexibility index (Phi) is 3.18. The average Bonchev–Trinajstić information content (AvgIpc) is 3.03. The van der Waals surface area contributed by atoms with E-state index in [0.717, 1.165) is 23.1 Å². The van der Waals surface area contributed by atoms with Crippen molar-refractivity contribution in [3.05, 3.63) is 65.9 Å². The number of anilines is 1. The van der Waals surface area contributed by atoms with Crippen LogP contribution in [0.1, 0.15) is 22.9 Å². The molecule has 1 atom stereocenters. The number of phenols is 1. The molecular formula is C16H14FN5O. The topological polar surface area (TPSA) is 77.9 Å². The molecule has 0 amide bonds. The van der Waals surface area contributed by atoms with E-state index in [1.54, 1.807) is 24.5 Å². The molecule has 1 aliphatic heterocycles. The van der Waals surface area contributed by atoms with Gasteiger partial charge >= 0.3 is 0 Å². The Hall–Kier alpha value is -2.96. The molecule has 1 aromatic carbocycles. The molecule has 6 nitrogen and oxygen atoms in total. The van der Waals surface area contributed by atoms with Gasteiger partial charge in [0.15, 0.2) is 11.6 Å². The van der Waals surface area contributed by atoms with Crippen molar-refractivity contribution >= 4 is 5.82 Å². The zero-order chi connectivity index (χ0) is 15.8. The Labute approximate surface area is 131 Å². The molecule has 0 bridgehead atoms. The first-order valence-corrected chi connectivity index (χ1v) is 7.24. The number of phenolic OH excluding ortho intramolecular Hbond substituents is 1. The van der Waals surface area contributed by atoms with Gasteiger partial charge < -0.3 is 15.0 Å². The highest BCUT2D eigenvalue weighted by Gasteiger charge is 2.30. The number of H-pyrrole nitrogens is 1. The fraction of sp³-hybridized carbons (Fsp3) is 0.188. The van der Waals surface area contributed by atoms with Gasteiger partial charge in [0.1, 0.15) is 12.1 Å². The van der Waals surface area contributed by atoms with Crippen molar-refractivity contribution in [2.24, 2.45) is 0 Å². The number of hydrogen-bond acceptors (Lipinski definition) is 5. The van der Waals surface area contributed by atoms with Crippen LogP contribution in [0.4, 0.5) is 10.2 Å². The van der Waals surface area contributed by atoms with Crippen LogP contribution < -0.4 is 4.90 Å². The van der Waals surface area contributed by atoms with E-state index in [4.69, 9.17) is 0 Å². The smallest absolute Gasteiger partial charge is 0.183 e. The van der Waals surface area contributed by atoms with Crippen molar-refractivity contribution in [3.63, 3.8) is 0 Å². The second kappa shape index (κ2) is 5.35. The first-order valence-electron chi connectivity index (χ1n) is 7.24. The first-order chi connectivity index (χ1) is 11.2. The Morgan fingerprint density at radius 2 is 2.22 bits per heavy atom. The zero-order valence-electron chi connectivity index (χ0n) is 12.1. The summed E-state index contributed by atoms with van der Waals surface area (Å²) in [7, 11) is 0. The molecule has 0 spiro atoms. The molecule has 0 radical (unpaired) electrons.